The van der Waals surface area contributed by atoms with Crippen molar-refractivity contribution in [2.45, 2.75) is 19.0 Å². The van der Waals surface area contributed by atoms with Crippen LogP contribution in [-0.4, -0.2) is 27.7 Å². The van der Waals surface area contributed by atoms with Gasteiger partial charge in [-0.3, -0.25) is 27.4 Å². The van der Waals surface area contributed by atoms with Gasteiger partial charge in [-0.2, -0.15) is 0 Å². The molecule has 1 aliphatic rings. The minimum absolute atomic E-state index is 0. The van der Waals surface area contributed by atoms with E-state index in [1.165, 1.54) is 29.2 Å². The molecule has 2 amide bonds. The molecule has 2 aromatic carbocycles. The number of carbonyl (C=O) groups excluding carboxylic acids is 2. The average molecular weight is 605 g/mol. The summed E-state index contributed by atoms with van der Waals surface area (Å²) in [7, 11) is 0. The number of thiol groups is 1. The maximum atomic E-state index is 13.3. The van der Waals surface area contributed by atoms with E-state index in [0.29, 0.717) is 23.4 Å². The van der Waals surface area contributed by atoms with Crippen molar-refractivity contribution in [3.8, 4) is 0 Å². The second kappa shape index (κ2) is 10.1. The predicted octanol–water partition coefficient (Wildman–Crippen LogP) is 4.27. The van der Waals surface area contributed by atoms with Gasteiger partial charge in [0.05, 0.1) is 0 Å². The van der Waals surface area contributed by atoms with Crippen molar-refractivity contribution >= 4 is 36.0 Å². The average Bonchev–Trinajstić information content (AvgIpc) is 2.78. The molecule has 4 rings (SSSR count). The van der Waals surface area contributed by atoms with E-state index in [1.54, 1.807) is 36.5 Å². The van der Waals surface area contributed by atoms with E-state index < -0.39 is 11.9 Å². The minimum Gasteiger partial charge on any atom is -0.634 e. The fraction of sp³-hybridized carbons (Fsp3) is 0.136. The number of rotatable bonds is 4. The maximum Gasteiger partial charge on any atom is 0.254 e. The summed E-state index contributed by atoms with van der Waals surface area (Å²) in [4.78, 5) is 32.1. The number of aromatic nitrogens is 1. The van der Waals surface area contributed by atoms with Crippen LogP contribution in [0.1, 0.15) is 21.6 Å². The normalized spacial score (nSPS) is 14.8. The summed E-state index contributed by atoms with van der Waals surface area (Å²) in [5, 5.41) is 2.85. The van der Waals surface area contributed by atoms with E-state index in [0.717, 1.165) is 11.3 Å². The number of fused-ring (bicyclic) bond motifs is 1. The molecule has 9 heteroatoms. The van der Waals surface area contributed by atoms with Crippen molar-refractivity contribution in [3.63, 3.8) is 0 Å². The first kappa shape index (κ1) is 23.0. The number of amides is 2. The van der Waals surface area contributed by atoms with Crippen LogP contribution in [-0.2, 0) is 38.8 Å². The standard InChI is InChI=1S/C22H18FN4O2S.W/c23-16-5-3-14(4-6-16)22(29)27-13-15-2-1-11-24-19(15)12-20(27)21(28)25-17-7-9-18(26-30)10-8-17;/h1-11,20,30H,12-13H2,(H,25,28);/q-1;. The fourth-order valence-electron chi connectivity index (χ4n) is 3.43. The van der Waals surface area contributed by atoms with Crippen molar-refractivity contribution in [1.82, 2.24) is 9.88 Å². The van der Waals surface area contributed by atoms with Crippen LogP contribution in [0, 0.1) is 5.82 Å². The number of pyridine rings is 1. The number of anilines is 1. The molecule has 1 aromatic heterocycles. The van der Waals surface area contributed by atoms with Gasteiger partial charge in [-0.25, -0.2) is 4.39 Å². The third kappa shape index (κ3) is 5.14. The largest absolute Gasteiger partial charge is 0.634 e. The van der Waals surface area contributed by atoms with Crippen LogP contribution in [0.5, 0.6) is 0 Å². The Morgan fingerprint density at radius 3 is 2.48 bits per heavy atom. The van der Waals surface area contributed by atoms with E-state index in [2.05, 4.69) is 27.8 Å². The molecule has 0 saturated carbocycles. The van der Waals surface area contributed by atoms with Crippen LogP contribution in [0.4, 0.5) is 15.8 Å². The number of nitrogens with one attached hydrogen (secondary N) is 1. The van der Waals surface area contributed by atoms with Gasteiger partial charge in [0.25, 0.3) is 5.91 Å². The number of nitrogens with zero attached hydrogens (tertiary/aromatic N) is 3. The first-order valence-electron chi connectivity index (χ1n) is 9.30. The molecule has 1 aliphatic heterocycles. The molecular weight excluding hydrogens is 587 g/mol. The quantitative estimate of drug-likeness (QED) is 0.437. The summed E-state index contributed by atoms with van der Waals surface area (Å²) in [6, 6.07) is 15.1. The molecule has 0 fully saturated rings. The second-order valence-corrected chi connectivity index (χ2v) is 7.11. The number of benzene rings is 2. The Kier molecular flexibility index (Phi) is 7.46. The Balaban J connectivity index is 0.00000272. The zero-order valence-electron chi connectivity index (χ0n) is 16.2. The molecule has 1 atom stereocenters. The molecule has 2 heterocycles. The van der Waals surface area contributed by atoms with Crippen LogP contribution < -0.4 is 5.32 Å². The van der Waals surface area contributed by atoms with Gasteiger partial charge < -0.3 is 14.9 Å². The van der Waals surface area contributed by atoms with Gasteiger partial charge in [-0.1, -0.05) is 18.2 Å². The van der Waals surface area contributed by atoms with Crippen molar-refractivity contribution in [1.29, 1.82) is 0 Å². The van der Waals surface area contributed by atoms with Gasteiger partial charge in [0.2, 0.25) is 5.91 Å². The van der Waals surface area contributed by atoms with Crippen LogP contribution in [0.15, 0.2) is 66.9 Å². The SMILES string of the molecule is O=C(Nc1ccc([N-]S)cc1)C1Cc2ncccc2CN1C(=O)c1ccc(F)cc1.[W]. The Morgan fingerprint density at radius 1 is 1.10 bits per heavy atom. The number of hydrogen-bond donors (Lipinski definition) is 2. The van der Waals surface area contributed by atoms with Crippen molar-refractivity contribution in [3.05, 3.63) is 94.2 Å². The van der Waals surface area contributed by atoms with E-state index in [9.17, 15) is 14.0 Å². The first-order chi connectivity index (χ1) is 14.5. The Hall–Kier alpha value is -2.70. The van der Waals surface area contributed by atoms with Gasteiger partial charge in [0, 0.05) is 57.2 Å². The molecule has 0 radical (unpaired) electrons. The zero-order chi connectivity index (χ0) is 21.1. The molecule has 0 aliphatic carbocycles. The smallest absolute Gasteiger partial charge is 0.254 e. The minimum atomic E-state index is -0.751. The molecule has 158 valence electrons. The first-order valence-corrected chi connectivity index (χ1v) is 9.70. The monoisotopic (exact) mass is 605 g/mol. The predicted molar refractivity (Wildman–Crippen MR) is 115 cm³/mol. The number of halogens is 1. The summed E-state index contributed by atoms with van der Waals surface area (Å²) >= 11 is 3.86. The Labute approximate surface area is 199 Å². The summed E-state index contributed by atoms with van der Waals surface area (Å²) in [6.45, 7) is 0.245. The van der Waals surface area contributed by atoms with Gasteiger partial charge in [-0.05, 0) is 48.0 Å². The van der Waals surface area contributed by atoms with Crippen LogP contribution in [0.3, 0.4) is 0 Å². The van der Waals surface area contributed by atoms with Gasteiger partial charge in [0.1, 0.15) is 11.9 Å². The molecule has 0 saturated heterocycles. The van der Waals surface area contributed by atoms with Crippen molar-refractivity contribution in [2.75, 3.05) is 5.32 Å². The summed E-state index contributed by atoms with van der Waals surface area (Å²) < 4.78 is 17.1. The van der Waals surface area contributed by atoms with E-state index in [1.807, 2.05) is 6.07 Å². The van der Waals surface area contributed by atoms with E-state index in [4.69, 9.17) is 0 Å². The van der Waals surface area contributed by atoms with Crippen LogP contribution in [0.2, 0.25) is 0 Å². The second-order valence-electron chi connectivity index (χ2n) is 6.91. The third-order valence-electron chi connectivity index (χ3n) is 4.99. The zero-order valence-corrected chi connectivity index (χ0v) is 20.1. The molecule has 1 unspecified atom stereocenters. The van der Waals surface area contributed by atoms with E-state index in [-0.39, 0.29) is 39.4 Å². The van der Waals surface area contributed by atoms with Crippen LogP contribution >= 0.6 is 12.8 Å². The van der Waals surface area contributed by atoms with E-state index >= 15 is 0 Å². The van der Waals surface area contributed by atoms with Crippen molar-refractivity contribution in [2.24, 2.45) is 0 Å². The molecule has 6 nitrogen and oxygen atoms in total. The number of carbonyl (C=O) groups is 2. The molecule has 31 heavy (non-hydrogen) atoms. The molecule has 0 spiro atoms. The summed E-state index contributed by atoms with van der Waals surface area (Å²) in [6.07, 6.45) is 1.96. The molecule has 3 aromatic rings. The Morgan fingerprint density at radius 2 is 1.81 bits per heavy atom. The molecule has 1 N–H and O–H groups in total. The topological polar surface area (TPSA) is 76.4 Å². The van der Waals surface area contributed by atoms with Gasteiger partial charge in [-0.15, -0.1) is 5.69 Å². The van der Waals surface area contributed by atoms with Crippen LogP contribution in [0.25, 0.3) is 4.72 Å². The van der Waals surface area contributed by atoms with Gasteiger partial charge >= 0.3 is 0 Å². The Bertz CT molecular complexity index is 1080. The van der Waals surface area contributed by atoms with Crippen molar-refractivity contribution < 1.29 is 35.0 Å². The third-order valence-corrected chi connectivity index (χ3v) is 5.22. The summed E-state index contributed by atoms with van der Waals surface area (Å²) in [5.74, 6) is -1.09. The maximum absolute atomic E-state index is 13.3. The molecular formula is C22H18FN4O2SW-. The fourth-order valence-corrected chi connectivity index (χ4v) is 3.56. The van der Waals surface area contributed by atoms with Gasteiger partial charge in [0.15, 0.2) is 0 Å². The summed E-state index contributed by atoms with van der Waals surface area (Å²) in [5.41, 5.74) is 3.24. The molecule has 0 bridgehead atoms. The number of hydrogen-bond acceptors (Lipinski definition) is 4.